The third-order valence-corrected chi connectivity index (χ3v) is 4.03. The maximum absolute atomic E-state index is 10.7. The first kappa shape index (κ1) is 17.4. The molecule has 1 saturated heterocycles. The Hall–Kier alpha value is -1.95. The summed E-state index contributed by atoms with van der Waals surface area (Å²) in [6.07, 6.45) is 0.653. The molecule has 0 radical (unpaired) electrons. The van der Waals surface area contributed by atoms with Crippen LogP contribution in [0.3, 0.4) is 0 Å². The summed E-state index contributed by atoms with van der Waals surface area (Å²) in [5, 5.41) is 0. The molecule has 0 atom stereocenters. The first-order valence-electron chi connectivity index (χ1n) is 8.23. The van der Waals surface area contributed by atoms with Crippen LogP contribution in [0.15, 0.2) is 18.2 Å². The molecule has 6 heteroatoms. The second-order valence-corrected chi connectivity index (χ2v) is 5.69. The van der Waals surface area contributed by atoms with E-state index < -0.39 is 0 Å². The van der Waals surface area contributed by atoms with E-state index in [1.807, 2.05) is 12.1 Å². The van der Waals surface area contributed by atoms with Gasteiger partial charge in [0.05, 0.1) is 18.9 Å². The lowest BCUT2D eigenvalue weighted by atomic mass is 10.2. The van der Waals surface area contributed by atoms with Gasteiger partial charge in [-0.25, -0.2) is 0 Å². The zero-order valence-electron chi connectivity index (χ0n) is 14.1. The Morgan fingerprint density at radius 2 is 1.96 bits per heavy atom. The fraction of sp³-hybridized carbons (Fsp3) is 0.588. The van der Waals surface area contributed by atoms with Gasteiger partial charge in [0.25, 0.3) is 0 Å². The second-order valence-electron chi connectivity index (χ2n) is 5.69. The molecule has 2 N–H and O–H groups in total. The average Bonchev–Trinajstić information content (AvgIpc) is 2.55. The predicted octanol–water partition coefficient (Wildman–Crippen LogP) is 1.74. The van der Waals surface area contributed by atoms with E-state index in [1.165, 1.54) is 6.92 Å². The number of piperazine rings is 1. The number of esters is 1. The Balaban J connectivity index is 1.82. The van der Waals surface area contributed by atoms with Crippen molar-refractivity contribution in [2.45, 2.75) is 20.3 Å². The third-order valence-electron chi connectivity index (χ3n) is 4.03. The Labute approximate surface area is 138 Å². The van der Waals surface area contributed by atoms with Crippen LogP contribution in [0.25, 0.3) is 0 Å². The first-order valence-corrected chi connectivity index (χ1v) is 8.23. The van der Waals surface area contributed by atoms with Crippen molar-refractivity contribution in [1.29, 1.82) is 0 Å². The molecule has 0 unspecified atom stereocenters. The van der Waals surface area contributed by atoms with Gasteiger partial charge in [-0.2, -0.15) is 0 Å². The van der Waals surface area contributed by atoms with Crippen molar-refractivity contribution in [3.63, 3.8) is 0 Å². The van der Waals surface area contributed by atoms with E-state index in [1.54, 1.807) is 0 Å². The van der Waals surface area contributed by atoms with Crippen LogP contribution in [-0.4, -0.2) is 56.8 Å². The minimum Gasteiger partial charge on any atom is -0.491 e. The normalized spacial score (nSPS) is 15.5. The fourth-order valence-electron chi connectivity index (χ4n) is 2.64. The van der Waals surface area contributed by atoms with Crippen molar-refractivity contribution in [3.8, 4) is 5.75 Å². The molecular formula is C17H27N3O3. The van der Waals surface area contributed by atoms with Gasteiger partial charge in [-0.05, 0) is 24.7 Å². The Bertz CT molecular complexity index is 514. The molecular weight excluding hydrogens is 294 g/mol. The number of benzene rings is 1. The van der Waals surface area contributed by atoms with Crippen molar-refractivity contribution in [2.24, 2.45) is 0 Å². The number of hydrogen-bond acceptors (Lipinski definition) is 6. The van der Waals surface area contributed by atoms with E-state index in [4.69, 9.17) is 15.2 Å². The van der Waals surface area contributed by atoms with Gasteiger partial charge in [-0.3, -0.25) is 4.79 Å². The monoisotopic (exact) mass is 321 g/mol. The number of carbonyl (C=O) groups is 1. The van der Waals surface area contributed by atoms with E-state index in [2.05, 4.69) is 22.8 Å². The first-order chi connectivity index (χ1) is 11.1. The summed E-state index contributed by atoms with van der Waals surface area (Å²) in [4.78, 5) is 15.5. The van der Waals surface area contributed by atoms with Crippen molar-refractivity contribution in [2.75, 3.05) is 56.6 Å². The van der Waals surface area contributed by atoms with E-state index in [0.717, 1.165) is 38.4 Å². The molecule has 0 aliphatic carbocycles. The van der Waals surface area contributed by atoms with E-state index >= 15 is 0 Å². The summed E-state index contributed by atoms with van der Waals surface area (Å²) in [6.45, 7) is 9.78. The number of likely N-dealkylation sites (N-methyl/N-ethyl adjacent to an activating group) is 1. The molecule has 6 nitrogen and oxygen atoms in total. The molecule has 23 heavy (non-hydrogen) atoms. The van der Waals surface area contributed by atoms with Gasteiger partial charge in [0.1, 0.15) is 5.75 Å². The minimum atomic E-state index is -0.267. The summed E-state index contributed by atoms with van der Waals surface area (Å²) >= 11 is 0. The van der Waals surface area contributed by atoms with Crippen molar-refractivity contribution in [1.82, 2.24) is 4.90 Å². The molecule has 0 bridgehead atoms. The maximum atomic E-state index is 10.7. The summed E-state index contributed by atoms with van der Waals surface area (Å²) in [7, 11) is 0. The molecule has 0 amide bonds. The van der Waals surface area contributed by atoms with Crippen LogP contribution in [0.1, 0.15) is 20.3 Å². The van der Waals surface area contributed by atoms with Crippen LogP contribution in [0.5, 0.6) is 5.75 Å². The van der Waals surface area contributed by atoms with Gasteiger partial charge in [-0.1, -0.05) is 6.92 Å². The smallest absolute Gasteiger partial charge is 0.302 e. The van der Waals surface area contributed by atoms with Crippen LogP contribution in [0.2, 0.25) is 0 Å². The molecule has 1 aromatic carbocycles. The van der Waals surface area contributed by atoms with Crippen molar-refractivity contribution in [3.05, 3.63) is 18.2 Å². The van der Waals surface area contributed by atoms with E-state index in [0.29, 0.717) is 31.1 Å². The topological polar surface area (TPSA) is 68.0 Å². The highest BCUT2D eigenvalue weighted by Gasteiger charge is 2.16. The molecule has 0 spiro atoms. The largest absolute Gasteiger partial charge is 0.491 e. The Morgan fingerprint density at radius 3 is 2.57 bits per heavy atom. The molecule has 1 heterocycles. The zero-order chi connectivity index (χ0) is 16.7. The predicted molar refractivity (Wildman–Crippen MR) is 91.9 cm³/mol. The lowest BCUT2D eigenvalue weighted by Gasteiger charge is -2.35. The zero-order valence-corrected chi connectivity index (χ0v) is 14.1. The molecule has 0 aromatic heterocycles. The Morgan fingerprint density at radius 1 is 1.22 bits per heavy atom. The molecule has 0 saturated carbocycles. The highest BCUT2D eigenvalue weighted by Crippen LogP contribution is 2.28. The van der Waals surface area contributed by atoms with Crippen molar-refractivity contribution < 1.29 is 14.3 Å². The van der Waals surface area contributed by atoms with Crippen LogP contribution in [0.4, 0.5) is 11.4 Å². The molecule has 1 aliphatic rings. The third kappa shape index (κ3) is 5.32. The standard InChI is InChI=1S/C17H27N3O3/c1-3-19-7-9-20(10-8-19)15-5-6-17(16(18)13-15)23-12-4-11-22-14(2)21/h5-6,13H,3-4,7-12,18H2,1-2H3. The highest BCUT2D eigenvalue weighted by molar-refractivity contribution is 5.65. The molecule has 1 aliphatic heterocycles. The van der Waals surface area contributed by atoms with E-state index in [9.17, 15) is 4.79 Å². The van der Waals surface area contributed by atoms with Crippen LogP contribution < -0.4 is 15.4 Å². The quantitative estimate of drug-likeness (QED) is 0.469. The highest BCUT2D eigenvalue weighted by atomic mass is 16.5. The fourth-order valence-corrected chi connectivity index (χ4v) is 2.64. The maximum Gasteiger partial charge on any atom is 0.302 e. The molecule has 2 rings (SSSR count). The van der Waals surface area contributed by atoms with E-state index in [-0.39, 0.29) is 5.97 Å². The van der Waals surface area contributed by atoms with Crippen LogP contribution in [-0.2, 0) is 9.53 Å². The van der Waals surface area contributed by atoms with Gasteiger partial charge in [-0.15, -0.1) is 0 Å². The van der Waals surface area contributed by atoms with Crippen LogP contribution in [0, 0.1) is 0 Å². The minimum absolute atomic E-state index is 0.267. The van der Waals surface area contributed by atoms with Gasteiger partial charge in [0, 0.05) is 45.2 Å². The van der Waals surface area contributed by atoms with Gasteiger partial charge >= 0.3 is 5.97 Å². The number of anilines is 2. The number of nitrogens with two attached hydrogens (primary N) is 1. The summed E-state index contributed by atoms with van der Waals surface area (Å²) in [5.74, 6) is 0.417. The number of hydrogen-bond donors (Lipinski definition) is 1. The van der Waals surface area contributed by atoms with Gasteiger partial charge < -0.3 is 25.0 Å². The number of carbonyl (C=O) groups excluding carboxylic acids is 1. The average molecular weight is 321 g/mol. The summed E-state index contributed by atoms with van der Waals surface area (Å²) < 4.78 is 10.5. The number of rotatable bonds is 7. The van der Waals surface area contributed by atoms with Crippen LogP contribution >= 0.6 is 0 Å². The lowest BCUT2D eigenvalue weighted by Crippen LogP contribution is -2.46. The Kier molecular flexibility index (Phi) is 6.52. The molecule has 1 aromatic rings. The number of nitrogen functional groups attached to an aromatic ring is 1. The van der Waals surface area contributed by atoms with Gasteiger partial charge in [0.2, 0.25) is 0 Å². The lowest BCUT2D eigenvalue weighted by molar-refractivity contribution is -0.141. The molecule has 1 fully saturated rings. The SMILES string of the molecule is CCN1CCN(c2ccc(OCCCOC(C)=O)c(N)c2)CC1. The number of nitrogens with zero attached hydrogens (tertiary/aromatic N) is 2. The van der Waals surface area contributed by atoms with Crippen molar-refractivity contribution >= 4 is 17.3 Å². The van der Waals surface area contributed by atoms with Gasteiger partial charge in [0.15, 0.2) is 0 Å². The molecule has 128 valence electrons. The summed E-state index contributed by atoms with van der Waals surface area (Å²) in [5.41, 5.74) is 7.89. The number of ether oxygens (including phenoxy) is 2. The summed E-state index contributed by atoms with van der Waals surface area (Å²) in [6, 6.07) is 5.95. The second kappa shape index (κ2) is 8.62.